The maximum absolute atomic E-state index is 13.3. The Hall–Kier alpha value is -3.49. The van der Waals surface area contributed by atoms with Crippen LogP contribution in [0.3, 0.4) is 0 Å². The zero-order valence-corrected chi connectivity index (χ0v) is 21.3. The van der Waals surface area contributed by atoms with Gasteiger partial charge in [-0.1, -0.05) is 6.07 Å². The number of aryl methyl sites for hydroxylation is 2. The van der Waals surface area contributed by atoms with Crippen molar-refractivity contribution in [3.05, 3.63) is 63.7 Å². The average Bonchev–Trinajstić information content (AvgIpc) is 3.50. The molecule has 0 saturated heterocycles. The summed E-state index contributed by atoms with van der Waals surface area (Å²) in [6.45, 7) is 4.23. The van der Waals surface area contributed by atoms with E-state index in [9.17, 15) is 9.90 Å². The van der Waals surface area contributed by atoms with Crippen LogP contribution in [0.4, 0.5) is 0 Å². The Bertz CT molecular complexity index is 1470. The minimum atomic E-state index is -0.289. The van der Waals surface area contributed by atoms with Crippen molar-refractivity contribution in [1.29, 1.82) is 0 Å². The van der Waals surface area contributed by atoms with E-state index in [0.717, 1.165) is 45.0 Å². The molecule has 4 aromatic rings. The predicted molar refractivity (Wildman–Crippen MR) is 138 cm³/mol. The number of Topliss-reactive ketones (excluding diaryl/α,β-unsaturated/α-hetero) is 1. The summed E-state index contributed by atoms with van der Waals surface area (Å²) >= 11 is 1.58. The minimum Gasteiger partial charge on any atom is -0.496 e. The van der Waals surface area contributed by atoms with E-state index in [-0.39, 0.29) is 24.4 Å². The van der Waals surface area contributed by atoms with Crippen LogP contribution in [0.25, 0.3) is 28.1 Å². The number of carbonyl (C=O) groups is 1. The van der Waals surface area contributed by atoms with Crippen LogP contribution in [0, 0.1) is 19.8 Å². The molecule has 0 unspecified atom stereocenters. The van der Waals surface area contributed by atoms with E-state index in [0.29, 0.717) is 36.5 Å². The number of ketones is 1. The minimum absolute atomic E-state index is 0.00325. The standard InChI is InChI=1S/C28H27N3O4S/c1-15-4-5-20(16(2)29-15)21-11-22-26(12-25(21)34-3)35-13-23-27(24(33)10-17-8-19(32)9-17)30-31(28(22)23)18-6-7-36-14-18/h4-7,11-12,14,17,19,32H,8-10,13H2,1-3H3. The van der Waals surface area contributed by atoms with Crippen LogP contribution >= 0.6 is 11.3 Å². The Morgan fingerprint density at radius 3 is 2.72 bits per heavy atom. The quantitative estimate of drug-likeness (QED) is 0.350. The Morgan fingerprint density at radius 1 is 1.19 bits per heavy atom. The zero-order chi connectivity index (χ0) is 25.0. The first-order valence-corrected chi connectivity index (χ1v) is 13.0. The van der Waals surface area contributed by atoms with Crippen LogP contribution in [-0.4, -0.2) is 38.9 Å². The maximum Gasteiger partial charge on any atom is 0.183 e. The highest BCUT2D eigenvalue weighted by atomic mass is 32.1. The molecule has 1 aromatic carbocycles. The lowest BCUT2D eigenvalue weighted by Gasteiger charge is -2.30. The van der Waals surface area contributed by atoms with E-state index in [1.54, 1.807) is 18.4 Å². The van der Waals surface area contributed by atoms with Crippen molar-refractivity contribution in [1.82, 2.24) is 14.8 Å². The van der Waals surface area contributed by atoms with Crippen LogP contribution in [0.15, 0.2) is 41.1 Å². The topological polar surface area (TPSA) is 86.5 Å². The van der Waals surface area contributed by atoms with Crippen molar-refractivity contribution in [3.8, 4) is 39.6 Å². The lowest BCUT2D eigenvalue weighted by Crippen LogP contribution is -2.30. The fourth-order valence-corrected chi connectivity index (χ4v) is 5.86. The number of fused-ring (bicyclic) bond motifs is 3. The van der Waals surface area contributed by atoms with E-state index in [1.807, 2.05) is 47.5 Å². The van der Waals surface area contributed by atoms with Crippen molar-refractivity contribution in [2.24, 2.45) is 5.92 Å². The molecule has 0 spiro atoms. The van der Waals surface area contributed by atoms with Crippen molar-refractivity contribution >= 4 is 17.1 Å². The Labute approximate surface area is 213 Å². The van der Waals surface area contributed by atoms with E-state index < -0.39 is 0 Å². The summed E-state index contributed by atoms with van der Waals surface area (Å²) in [5.41, 5.74) is 7.65. The molecule has 2 aliphatic rings. The molecule has 36 heavy (non-hydrogen) atoms. The van der Waals surface area contributed by atoms with Crippen molar-refractivity contribution in [3.63, 3.8) is 0 Å². The number of nitrogens with zero attached hydrogens (tertiary/aromatic N) is 3. The average molecular weight is 502 g/mol. The second-order valence-electron chi connectivity index (χ2n) is 9.61. The third-order valence-electron chi connectivity index (χ3n) is 7.13. The Balaban J connectivity index is 1.52. The molecule has 184 valence electrons. The predicted octanol–water partition coefficient (Wildman–Crippen LogP) is 5.52. The second-order valence-corrected chi connectivity index (χ2v) is 10.4. The van der Waals surface area contributed by atoms with Gasteiger partial charge in [-0.15, -0.1) is 0 Å². The molecule has 0 amide bonds. The van der Waals surface area contributed by atoms with Crippen molar-refractivity contribution < 1.29 is 19.4 Å². The lowest BCUT2D eigenvalue weighted by molar-refractivity contribution is 0.0379. The van der Waals surface area contributed by atoms with Crippen LogP contribution in [0.2, 0.25) is 0 Å². The molecular weight excluding hydrogens is 474 g/mol. The normalized spacial score (nSPS) is 18.1. The lowest BCUT2D eigenvalue weighted by atomic mass is 9.78. The molecule has 0 bridgehead atoms. The van der Waals surface area contributed by atoms with Crippen molar-refractivity contribution in [2.45, 2.75) is 45.8 Å². The molecule has 0 atom stereocenters. The van der Waals surface area contributed by atoms with Crippen LogP contribution in [-0.2, 0) is 6.61 Å². The van der Waals surface area contributed by atoms with Gasteiger partial charge in [0, 0.05) is 51.5 Å². The molecule has 6 rings (SSSR count). The molecule has 4 heterocycles. The number of carbonyl (C=O) groups excluding carboxylic acids is 1. The van der Waals surface area contributed by atoms with Gasteiger partial charge >= 0.3 is 0 Å². The first-order chi connectivity index (χ1) is 17.4. The number of ether oxygens (including phenoxy) is 2. The summed E-state index contributed by atoms with van der Waals surface area (Å²) in [5.74, 6) is 1.60. The molecule has 0 radical (unpaired) electrons. The summed E-state index contributed by atoms with van der Waals surface area (Å²) in [5, 5.41) is 18.5. The highest BCUT2D eigenvalue weighted by Crippen LogP contribution is 2.46. The molecule has 1 aliphatic heterocycles. The number of benzene rings is 1. The van der Waals surface area contributed by atoms with Crippen LogP contribution in [0.1, 0.15) is 46.7 Å². The van der Waals surface area contributed by atoms with E-state index >= 15 is 0 Å². The van der Waals surface area contributed by atoms with Gasteiger partial charge in [0.15, 0.2) is 5.78 Å². The largest absolute Gasteiger partial charge is 0.496 e. The number of hydrogen-bond donors (Lipinski definition) is 1. The number of rotatable bonds is 6. The molecular formula is C28H27N3O4S. The fourth-order valence-electron chi connectivity index (χ4n) is 5.24. The van der Waals surface area contributed by atoms with Gasteiger partial charge in [0.2, 0.25) is 0 Å². The summed E-state index contributed by atoms with van der Waals surface area (Å²) < 4.78 is 13.8. The highest BCUT2D eigenvalue weighted by Gasteiger charge is 2.34. The number of aliphatic hydroxyl groups is 1. The fraction of sp³-hybridized carbons (Fsp3) is 0.321. The second kappa shape index (κ2) is 8.87. The van der Waals surface area contributed by atoms with Gasteiger partial charge in [-0.3, -0.25) is 9.78 Å². The van der Waals surface area contributed by atoms with Gasteiger partial charge in [0.25, 0.3) is 0 Å². The van der Waals surface area contributed by atoms with Gasteiger partial charge in [-0.05, 0) is 56.2 Å². The Morgan fingerprint density at radius 2 is 2.03 bits per heavy atom. The van der Waals surface area contributed by atoms with Gasteiger partial charge in [-0.2, -0.15) is 16.4 Å². The van der Waals surface area contributed by atoms with Gasteiger partial charge in [0.1, 0.15) is 23.8 Å². The van der Waals surface area contributed by atoms with Crippen molar-refractivity contribution in [2.75, 3.05) is 7.11 Å². The van der Waals surface area contributed by atoms with Gasteiger partial charge in [-0.25, -0.2) is 4.68 Å². The van der Waals surface area contributed by atoms with E-state index in [1.165, 1.54) is 0 Å². The van der Waals surface area contributed by atoms with Gasteiger partial charge in [0.05, 0.1) is 24.6 Å². The number of methoxy groups -OCH3 is 1. The van der Waals surface area contributed by atoms with E-state index in [2.05, 4.69) is 17.1 Å². The third kappa shape index (κ3) is 3.81. The molecule has 7 nitrogen and oxygen atoms in total. The monoisotopic (exact) mass is 501 g/mol. The smallest absolute Gasteiger partial charge is 0.183 e. The number of aromatic nitrogens is 3. The summed E-state index contributed by atoms with van der Waals surface area (Å²) in [4.78, 5) is 18.0. The number of aliphatic hydroxyl groups excluding tert-OH is 1. The first-order valence-electron chi connectivity index (χ1n) is 12.1. The third-order valence-corrected chi connectivity index (χ3v) is 7.80. The zero-order valence-electron chi connectivity index (χ0n) is 20.4. The number of hydrogen-bond acceptors (Lipinski definition) is 7. The molecule has 3 aromatic heterocycles. The highest BCUT2D eigenvalue weighted by molar-refractivity contribution is 7.08. The molecule has 1 saturated carbocycles. The molecule has 8 heteroatoms. The number of pyridine rings is 1. The van der Waals surface area contributed by atoms with E-state index in [4.69, 9.17) is 14.6 Å². The summed E-state index contributed by atoms with van der Waals surface area (Å²) in [6, 6.07) is 10.0. The SMILES string of the molecule is COc1cc2c(cc1-c1ccc(C)nc1C)-c1c(c(C(=O)CC3CC(O)C3)nn1-c1ccsc1)CO2. The Kier molecular flexibility index (Phi) is 5.65. The number of thiophene rings is 1. The molecule has 1 fully saturated rings. The van der Waals surface area contributed by atoms with Crippen LogP contribution < -0.4 is 9.47 Å². The summed E-state index contributed by atoms with van der Waals surface area (Å²) in [7, 11) is 1.65. The van der Waals surface area contributed by atoms with Gasteiger partial charge < -0.3 is 14.6 Å². The molecule has 1 N–H and O–H groups in total. The maximum atomic E-state index is 13.3. The summed E-state index contributed by atoms with van der Waals surface area (Å²) in [6.07, 6.45) is 1.44. The first kappa shape index (κ1) is 22.9. The van der Waals surface area contributed by atoms with Crippen LogP contribution in [0.5, 0.6) is 11.5 Å². The molecule has 1 aliphatic carbocycles.